The van der Waals surface area contributed by atoms with Crippen molar-refractivity contribution in [2.24, 2.45) is 0 Å². The third-order valence-electron chi connectivity index (χ3n) is 4.84. The number of carbonyl (C=O) groups is 2. The lowest BCUT2D eigenvalue weighted by molar-refractivity contribution is 0.0601. The summed E-state index contributed by atoms with van der Waals surface area (Å²) >= 11 is 0. The average molecular weight is 344 g/mol. The van der Waals surface area contributed by atoms with E-state index in [0.717, 1.165) is 21.9 Å². The van der Waals surface area contributed by atoms with E-state index in [1.807, 2.05) is 79.7 Å². The van der Waals surface area contributed by atoms with Gasteiger partial charge < -0.3 is 4.90 Å². The van der Waals surface area contributed by atoms with Gasteiger partial charge in [0.1, 0.15) is 0 Å². The Balaban J connectivity index is 1.96. The van der Waals surface area contributed by atoms with Crippen LogP contribution >= 0.6 is 0 Å². The zero-order chi connectivity index (χ0) is 18.3. The fourth-order valence-corrected chi connectivity index (χ4v) is 3.51. The number of imide groups is 1. The summed E-state index contributed by atoms with van der Waals surface area (Å²) in [7, 11) is 3.87. The summed E-state index contributed by atoms with van der Waals surface area (Å²) in [6.07, 6.45) is 0. The van der Waals surface area contributed by atoms with Crippen LogP contribution in [0.3, 0.4) is 0 Å². The van der Waals surface area contributed by atoms with Gasteiger partial charge in [0, 0.05) is 24.0 Å². The molecule has 0 radical (unpaired) electrons. The molecule has 1 aliphatic rings. The second kappa shape index (κ2) is 6.39. The Morgan fingerprint density at radius 3 is 2.31 bits per heavy atom. The van der Waals surface area contributed by atoms with Crippen LogP contribution < -0.4 is 0 Å². The van der Waals surface area contributed by atoms with Crippen LogP contribution in [-0.4, -0.2) is 48.8 Å². The zero-order valence-electron chi connectivity index (χ0n) is 14.9. The third-order valence-corrected chi connectivity index (χ3v) is 4.84. The quantitative estimate of drug-likeness (QED) is 0.678. The minimum atomic E-state index is -0.208. The summed E-state index contributed by atoms with van der Waals surface area (Å²) in [5.41, 5.74) is 3.09. The third kappa shape index (κ3) is 2.59. The van der Waals surface area contributed by atoms with Crippen LogP contribution in [0.5, 0.6) is 0 Å². The minimum Gasteiger partial charge on any atom is -0.308 e. The second-order valence-corrected chi connectivity index (χ2v) is 6.82. The van der Waals surface area contributed by atoms with Crippen molar-refractivity contribution >= 4 is 22.6 Å². The largest absolute Gasteiger partial charge is 0.308 e. The Morgan fingerprint density at radius 2 is 1.58 bits per heavy atom. The van der Waals surface area contributed by atoms with Crippen LogP contribution in [0.4, 0.5) is 0 Å². The fraction of sp³-hybridized carbons (Fsp3) is 0.182. The molecule has 0 N–H and O–H groups in total. The number of likely N-dealkylation sites (N-methyl/N-ethyl adjacent to an activating group) is 1. The molecule has 4 rings (SSSR count). The first-order chi connectivity index (χ1) is 12.6. The van der Waals surface area contributed by atoms with Crippen LogP contribution in [-0.2, 0) is 0 Å². The van der Waals surface area contributed by atoms with Gasteiger partial charge in [-0.15, -0.1) is 0 Å². The maximum absolute atomic E-state index is 13.3. The van der Waals surface area contributed by atoms with E-state index in [4.69, 9.17) is 0 Å². The van der Waals surface area contributed by atoms with E-state index in [-0.39, 0.29) is 11.8 Å². The Hall–Kier alpha value is -2.98. The van der Waals surface area contributed by atoms with Crippen molar-refractivity contribution in [1.82, 2.24) is 9.80 Å². The van der Waals surface area contributed by atoms with E-state index in [2.05, 4.69) is 0 Å². The molecule has 1 aliphatic heterocycles. The average Bonchev–Trinajstić information content (AvgIpc) is 2.66. The summed E-state index contributed by atoms with van der Waals surface area (Å²) in [5, 5.41) is 1.69. The van der Waals surface area contributed by atoms with Gasteiger partial charge in [-0.05, 0) is 36.7 Å². The first-order valence-electron chi connectivity index (χ1n) is 8.70. The van der Waals surface area contributed by atoms with Gasteiger partial charge in [-0.3, -0.25) is 14.5 Å². The molecule has 0 fully saturated rings. The molecule has 3 aromatic rings. The van der Waals surface area contributed by atoms with Crippen LogP contribution in [0.15, 0.2) is 60.7 Å². The molecule has 0 saturated carbocycles. The van der Waals surface area contributed by atoms with Crippen molar-refractivity contribution < 1.29 is 9.59 Å². The predicted octanol–water partition coefficient (Wildman–Crippen LogP) is 3.66. The topological polar surface area (TPSA) is 40.6 Å². The highest BCUT2D eigenvalue weighted by Gasteiger charge is 2.34. The van der Waals surface area contributed by atoms with Gasteiger partial charge in [0.25, 0.3) is 11.8 Å². The Labute approximate surface area is 152 Å². The number of amides is 2. The molecule has 0 aromatic heterocycles. The van der Waals surface area contributed by atoms with E-state index in [9.17, 15) is 9.59 Å². The molecule has 26 heavy (non-hydrogen) atoms. The van der Waals surface area contributed by atoms with Gasteiger partial charge in [-0.25, -0.2) is 0 Å². The molecule has 3 aromatic carbocycles. The molecule has 4 nitrogen and oxygen atoms in total. The highest BCUT2D eigenvalue weighted by Crippen LogP contribution is 2.36. The van der Waals surface area contributed by atoms with E-state index >= 15 is 0 Å². The SMILES string of the molecule is CN(C)CCN1C(=O)c2cccc3ccc(-c4ccccc4)c(c23)C1=O. The lowest BCUT2D eigenvalue weighted by atomic mass is 9.88. The van der Waals surface area contributed by atoms with Crippen molar-refractivity contribution in [2.45, 2.75) is 0 Å². The molecular weight excluding hydrogens is 324 g/mol. The highest BCUT2D eigenvalue weighted by atomic mass is 16.2. The monoisotopic (exact) mass is 344 g/mol. The van der Waals surface area contributed by atoms with Crippen LogP contribution in [0.1, 0.15) is 20.7 Å². The van der Waals surface area contributed by atoms with Gasteiger partial charge in [-0.1, -0.05) is 54.6 Å². The number of carbonyl (C=O) groups excluding carboxylic acids is 2. The van der Waals surface area contributed by atoms with Crippen LogP contribution in [0.25, 0.3) is 21.9 Å². The molecule has 0 saturated heterocycles. The normalized spacial score (nSPS) is 13.7. The summed E-state index contributed by atoms with van der Waals surface area (Å²) < 4.78 is 0. The predicted molar refractivity (Wildman–Crippen MR) is 103 cm³/mol. The number of benzene rings is 3. The first kappa shape index (κ1) is 16.5. The number of hydrogen-bond donors (Lipinski definition) is 0. The summed E-state index contributed by atoms with van der Waals surface area (Å²) in [6.45, 7) is 1.01. The molecular formula is C22H20N2O2. The van der Waals surface area contributed by atoms with Crippen LogP contribution in [0.2, 0.25) is 0 Å². The van der Waals surface area contributed by atoms with Crippen molar-refractivity contribution in [3.05, 3.63) is 71.8 Å². The molecule has 0 unspecified atom stereocenters. The molecule has 130 valence electrons. The van der Waals surface area contributed by atoms with E-state index in [1.54, 1.807) is 0 Å². The standard InChI is InChI=1S/C22H20N2O2/c1-23(2)13-14-24-21(25)18-10-6-9-16-11-12-17(15-7-4-3-5-8-15)20(19(16)18)22(24)26/h3-12H,13-14H2,1-2H3. The lowest BCUT2D eigenvalue weighted by Gasteiger charge is -2.29. The number of hydrogen-bond acceptors (Lipinski definition) is 3. The summed E-state index contributed by atoms with van der Waals surface area (Å²) in [4.78, 5) is 29.6. The minimum absolute atomic E-state index is 0.208. The first-order valence-corrected chi connectivity index (χ1v) is 8.70. The van der Waals surface area contributed by atoms with Gasteiger partial charge in [0.05, 0.1) is 5.56 Å². The molecule has 2 amide bonds. The van der Waals surface area contributed by atoms with Crippen molar-refractivity contribution in [1.29, 1.82) is 0 Å². The number of nitrogens with zero attached hydrogens (tertiary/aromatic N) is 2. The van der Waals surface area contributed by atoms with Crippen molar-refractivity contribution in [2.75, 3.05) is 27.2 Å². The maximum atomic E-state index is 13.3. The van der Waals surface area contributed by atoms with Crippen molar-refractivity contribution in [3.8, 4) is 11.1 Å². The Kier molecular flexibility index (Phi) is 4.05. The van der Waals surface area contributed by atoms with Crippen LogP contribution in [0, 0.1) is 0 Å². The highest BCUT2D eigenvalue weighted by molar-refractivity contribution is 6.27. The zero-order valence-corrected chi connectivity index (χ0v) is 14.9. The van der Waals surface area contributed by atoms with E-state index < -0.39 is 0 Å². The summed E-state index contributed by atoms with van der Waals surface area (Å²) in [6, 6.07) is 19.5. The molecule has 0 aliphatic carbocycles. The Bertz CT molecular complexity index is 1010. The maximum Gasteiger partial charge on any atom is 0.262 e. The molecule has 0 spiro atoms. The summed E-state index contributed by atoms with van der Waals surface area (Å²) in [5.74, 6) is -0.417. The molecule has 0 bridgehead atoms. The second-order valence-electron chi connectivity index (χ2n) is 6.82. The van der Waals surface area contributed by atoms with E-state index in [0.29, 0.717) is 24.2 Å². The van der Waals surface area contributed by atoms with E-state index in [1.165, 1.54) is 4.90 Å². The molecule has 0 atom stereocenters. The molecule has 1 heterocycles. The van der Waals surface area contributed by atoms with Gasteiger partial charge in [0.15, 0.2) is 0 Å². The lowest BCUT2D eigenvalue weighted by Crippen LogP contribution is -2.43. The molecule has 4 heteroatoms. The van der Waals surface area contributed by atoms with Gasteiger partial charge in [-0.2, -0.15) is 0 Å². The number of rotatable bonds is 4. The smallest absolute Gasteiger partial charge is 0.262 e. The van der Waals surface area contributed by atoms with Gasteiger partial charge >= 0.3 is 0 Å². The Morgan fingerprint density at radius 1 is 0.808 bits per heavy atom. The van der Waals surface area contributed by atoms with Crippen molar-refractivity contribution in [3.63, 3.8) is 0 Å². The van der Waals surface area contributed by atoms with Gasteiger partial charge in [0.2, 0.25) is 0 Å². The fourth-order valence-electron chi connectivity index (χ4n) is 3.51.